The minimum absolute atomic E-state index is 0.0621. The molecule has 0 spiro atoms. The third-order valence-corrected chi connectivity index (χ3v) is 5.72. The van der Waals surface area contributed by atoms with Crippen molar-refractivity contribution in [3.8, 4) is 0 Å². The van der Waals surface area contributed by atoms with Crippen molar-refractivity contribution in [1.82, 2.24) is 9.80 Å². The molecule has 0 bridgehead atoms. The maximum Gasteiger partial charge on any atom is 0.308 e. The van der Waals surface area contributed by atoms with Gasteiger partial charge in [-0.3, -0.25) is 14.5 Å². The molecule has 1 saturated heterocycles. The number of carboxylic acid groups (broad SMARTS) is 1. The van der Waals surface area contributed by atoms with E-state index in [0.717, 1.165) is 13.0 Å². The fraction of sp³-hybridized carbons (Fsp3) is 0.600. The van der Waals surface area contributed by atoms with Crippen LogP contribution in [0.4, 0.5) is 0 Å². The topological polar surface area (TPSA) is 60.9 Å². The first-order valence-electron chi connectivity index (χ1n) is 7.36. The average molecular weight is 308 g/mol. The van der Waals surface area contributed by atoms with Crippen LogP contribution in [0.2, 0.25) is 0 Å². The summed E-state index contributed by atoms with van der Waals surface area (Å²) in [6.45, 7) is 4.41. The van der Waals surface area contributed by atoms with Crippen LogP contribution >= 0.6 is 11.3 Å². The van der Waals surface area contributed by atoms with Gasteiger partial charge in [-0.05, 0) is 43.3 Å². The van der Waals surface area contributed by atoms with Crippen LogP contribution in [0.5, 0.6) is 0 Å². The molecule has 1 fully saturated rings. The molecule has 1 amide bonds. The number of rotatable bonds is 3. The summed E-state index contributed by atoms with van der Waals surface area (Å²) in [7, 11) is 0. The van der Waals surface area contributed by atoms with E-state index < -0.39 is 5.97 Å². The summed E-state index contributed by atoms with van der Waals surface area (Å²) in [5.41, 5.74) is 1.26. The summed E-state index contributed by atoms with van der Waals surface area (Å²) in [6, 6.07) is 2.03. The first kappa shape index (κ1) is 14.5. The van der Waals surface area contributed by atoms with Crippen LogP contribution in [0.15, 0.2) is 11.4 Å². The Kier molecular flexibility index (Phi) is 3.99. The van der Waals surface area contributed by atoms with Gasteiger partial charge in [0, 0.05) is 24.0 Å². The average Bonchev–Trinajstić information content (AvgIpc) is 3.05. The Morgan fingerprint density at radius 1 is 1.43 bits per heavy atom. The lowest BCUT2D eigenvalue weighted by atomic mass is 10.0. The number of carbonyl (C=O) groups excluding carboxylic acids is 1. The second-order valence-corrected chi connectivity index (χ2v) is 6.88. The summed E-state index contributed by atoms with van der Waals surface area (Å²) < 4.78 is 0. The molecule has 1 aromatic heterocycles. The Bertz CT molecular complexity index is 557. The van der Waals surface area contributed by atoms with E-state index in [1.807, 2.05) is 16.7 Å². The Morgan fingerprint density at radius 3 is 2.95 bits per heavy atom. The van der Waals surface area contributed by atoms with Gasteiger partial charge in [0.15, 0.2) is 0 Å². The second kappa shape index (κ2) is 5.77. The lowest BCUT2D eigenvalue weighted by molar-refractivity contribution is -0.143. The van der Waals surface area contributed by atoms with Crippen LogP contribution in [-0.2, 0) is 22.6 Å². The molecular weight excluding hydrogens is 288 g/mol. The maximum absolute atomic E-state index is 12.4. The van der Waals surface area contributed by atoms with Gasteiger partial charge < -0.3 is 10.0 Å². The van der Waals surface area contributed by atoms with Gasteiger partial charge in [0.1, 0.15) is 0 Å². The third-order valence-electron chi connectivity index (χ3n) is 4.70. The van der Waals surface area contributed by atoms with Crippen molar-refractivity contribution in [3.05, 3.63) is 21.9 Å². The number of carbonyl (C=O) groups is 2. The Labute approximate surface area is 128 Å². The predicted octanol–water partition coefficient (Wildman–Crippen LogP) is 1.43. The van der Waals surface area contributed by atoms with Crippen molar-refractivity contribution in [2.24, 2.45) is 5.92 Å². The monoisotopic (exact) mass is 308 g/mol. The minimum atomic E-state index is -0.752. The van der Waals surface area contributed by atoms with Crippen LogP contribution in [0.1, 0.15) is 23.8 Å². The summed E-state index contributed by atoms with van der Waals surface area (Å²) in [5, 5.41) is 11.2. The van der Waals surface area contributed by atoms with Crippen molar-refractivity contribution >= 4 is 23.2 Å². The fourth-order valence-corrected chi connectivity index (χ4v) is 4.18. The van der Waals surface area contributed by atoms with Crippen LogP contribution < -0.4 is 0 Å². The highest BCUT2D eigenvalue weighted by molar-refractivity contribution is 7.10. The Morgan fingerprint density at radius 2 is 2.24 bits per heavy atom. The molecule has 114 valence electrons. The number of likely N-dealkylation sites (tertiary alicyclic amines) is 1. The van der Waals surface area contributed by atoms with E-state index in [4.69, 9.17) is 5.11 Å². The van der Waals surface area contributed by atoms with Gasteiger partial charge in [-0.15, -0.1) is 11.3 Å². The molecule has 0 radical (unpaired) electrons. The lowest BCUT2D eigenvalue weighted by Gasteiger charge is -2.30. The molecule has 2 atom stereocenters. The quantitative estimate of drug-likeness (QED) is 0.917. The van der Waals surface area contributed by atoms with Crippen LogP contribution in [-0.4, -0.2) is 52.5 Å². The number of hydrogen-bond donors (Lipinski definition) is 1. The highest BCUT2D eigenvalue weighted by atomic mass is 32.1. The molecule has 2 aliphatic rings. The highest BCUT2D eigenvalue weighted by Gasteiger charge is 2.37. The van der Waals surface area contributed by atoms with Gasteiger partial charge in [-0.1, -0.05) is 0 Å². The van der Waals surface area contributed by atoms with E-state index in [0.29, 0.717) is 26.1 Å². The molecule has 6 heteroatoms. The van der Waals surface area contributed by atoms with Crippen molar-refractivity contribution in [2.75, 3.05) is 19.6 Å². The van der Waals surface area contributed by atoms with Crippen molar-refractivity contribution < 1.29 is 14.7 Å². The van der Waals surface area contributed by atoms with Gasteiger partial charge in [-0.2, -0.15) is 0 Å². The Balaban J connectivity index is 1.59. The van der Waals surface area contributed by atoms with Crippen LogP contribution in [0.3, 0.4) is 0 Å². The molecule has 2 unspecified atom stereocenters. The number of carboxylic acids is 1. The SMILES string of the molecule is CC1C(C(=O)O)CCN1CC(=O)N1CCc2sccc2C1. The molecule has 1 N–H and O–H groups in total. The smallest absolute Gasteiger partial charge is 0.308 e. The first-order chi connectivity index (χ1) is 10.1. The number of amides is 1. The molecule has 3 rings (SSSR count). The van der Waals surface area contributed by atoms with Crippen LogP contribution in [0.25, 0.3) is 0 Å². The molecule has 5 nitrogen and oxygen atoms in total. The standard InChI is InChI=1S/C15H20N2O3S/c1-10-12(15(19)20)2-5-16(10)9-14(18)17-6-3-13-11(8-17)4-7-21-13/h4,7,10,12H,2-3,5-6,8-9H2,1H3,(H,19,20). The molecule has 0 aromatic carbocycles. The molecule has 0 aliphatic carbocycles. The largest absolute Gasteiger partial charge is 0.481 e. The number of nitrogens with zero attached hydrogens (tertiary/aromatic N) is 2. The third kappa shape index (κ3) is 2.82. The van der Waals surface area contributed by atoms with Gasteiger partial charge >= 0.3 is 5.97 Å². The zero-order chi connectivity index (χ0) is 15.0. The van der Waals surface area contributed by atoms with Gasteiger partial charge in [0.2, 0.25) is 5.91 Å². The Hall–Kier alpha value is -1.40. The summed E-state index contributed by atoms with van der Waals surface area (Å²) in [4.78, 5) is 28.9. The van der Waals surface area contributed by atoms with E-state index in [-0.39, 0.29) is 17.9 Å². The molecule has 3 heterocycles. The zero-order valence-corrected chi connectivity index (χ0v) is 12.9. The van der Waals surface area contributed by atoms with E-state index in [1.165, 1.54) is 10.4 Å². The van der Waals surface area contributed by atoms with Gasteiger partial charge in [-0.25, -0.2) is 0 Å². The molecule has 2 aliphatic heterocycles. The van der Waals surface area contributed by atoms with E-state index in [2.05, 4.69) is 11.4 Å². The highest BCUT2D eigenvalue weighted by Crippen LogP contribution is 2.26. The van der Waals surface area contributed by atoms with Crippen molar-refractivity contribution in [3.63, 3.8) is 0 Å². The summed E-state index contributed by atoms with van der Waals surface area (Å²) in [5.74, 6) is -0.981. The summed E-state index contributed by atoms with van der Waals surface area (Å²) in [6.07, 6.45) is 1.57. The van der Waals surface area contributed by atoms with Crippen molar-refractivity contribution in [2.45, 2.75) is 32.4 Å². The second-order valence-electron chi connectivity index (χ2n) is 5.88. The fourth-order valence-electron chi connectivity index (χ4n) is 3.29. The van der Waals surface area contributed by atoms with E-state index in [9.17, 15) is 9.59 Å². The zero-order valence-electron chi connectivity index (χ0n) is 12.1. The number of hydrogen-bond acceptors (Lipinski definition) is 4. The number of aliphatic carboxylic acids is 1. The molecule has 1 aromatic rings. The van der Waals surface area contributed by atoms with E-state index in [1.54, 1.807) is 11.3 Å². The summed E-state index contributed by atoms with van der Waals surface area (Å²) >= 11 is 1.76. The normalized spacial score (nSPS) is 25.9. The molecular formula is C15H20N2O3S. The molecule has 21 heavy (non-hydrogen) atoms. The van der Waals surface area contributed by atoms with Gasteiger partial charge in [0.25, 0.3) is 0 Å². The molecule has 0 saturated carbocycles. The maximum atomic E-state index is 12.4. The number of thiophene rings is 1. The van der Waals surface area contributed by atoms with Gasteiger partial charge in [0.05, 0.1) is 12.5 Å². The first-order valence-corrected chi connectivity index (χ1v) is 8.24. The predicted molar refractivity (Wildman–Crippen MR) is 80.2 cm³/mol. The number of fused-ring (bicyclic) bond motifs is 1. The lowest BCUT2D eigenvalue weighted by Crippen LogP contribution is -2.44. The van der Waals surface area contributed by atoms with E-state index >= 15 is 0 Å². The van der Waals surface area contributed by atoms with Crippen molar-refractivity contribution in [1.29, 1.82) is 0 Å². The van der Waals surface area contributed by atoms with Crippen LogP contribution in [0, 0.1) is 5.92 Å². The minimum Gasteiger partial charge on any atom is -0.481 e.